The highest BCUT2D eigenvalue weighted by molar-refractivity contribution is 5.92. The smallest absolute Gasteiger partial charge is 0.270 e. The SMILES string of the molecule is O=C(c1ccc[nH]1)N(CC1CC1)CC1CCCN1. The van der Waals surface area contributed by atoms with Crippen molar-refractivity contribution in [3.05, 3.63) is 24.0 Å². The van der Waals surface area contributed by atoms with E-state index in [0.29, 0.717) is 11.7 Å². The summed E-state index contributed by atoms with van der Waals surface area (Å²) in [5.74, 6) is 0.894. The highest BCUT2D eigenvalue weighted by Gasteiger charge is 2.29. The molecule has 2 aliphatic rings. The lowest BCUT2D eigenvalue weighted by Gasteiger charge is -2.25. The minimum absolute atomic E-state index is 0.153. The quantitative estimate of drug-likeness (QED) is 0.830. The molecule has 1 amide bonds. The zero-order valence-electron chi connectivity index (χ0n) is 10.7. The van der Waals surface area contributed by atoms with Crippen LogP contribution in [0.2, 0.25) is 0 Å². The molecule has 18 heavy (non-hydrogen) atoms. The number of aromatic nitrogens is 1. The molecule has 1 atom stereocenters. The van der Waals surface area contributed by atoms with Gasteiger partial charge >= 0.3 is 0 Å². The maximum atomic E-state index is 12.4. The third-order valence-corrected chi connectivity index (χ3v) is 3.89. The van der Waals surface area contributed by atoms with E-state index in [4.69, 9.17) is 0 Å². The topological polar surface area (TPSA) is 48.1 Å². The Morgan fingerprint density at radius 1 is 1.33 bits per heavy atom. The first-order valence-electron chi connectivity index (χ1n) is 6.99. The van der Waals surface area contributed by atoms with E-state index in [0.717, 1.165) is 25.6 Å². The molecule has 0 spiro atoms. The first kappa shape index (κ1) is 11.8. The fourth-order valence-corrected chi connectivity index (χ4v) is 2.66. The summed E-state index contributed by atoms with van der Waals surface area (Å²) in [6, 6.07) is 4.24. The normalized spacial score (nSPS) is 23.2. The van der Waals surface area contributed by atoms with Crippen LogP contribution in [0.1, 0.15) is 36.2 Å². The molecule has 0 aromatic carbocycles. The van der Waals surface area contributed by atoms with E-state index in [1.807, 2.05) is 23.2 Å². The van der Waals surface area contributed by atoms with Gasteiger partial charge in [-0.15, -0.1) is 0 Å². The Labute approximate surface area is 108 Å². The lowest BCUT2D eigenvalue weighted by molar-refractivity contribution is 0.0728. The minimum atomic E-state index is 0.153. The molecule has 3 rings (SSSR count). The van der Waals surface area contributed by atoms with Crippen LogP contribution >= 0.6 is 0 Å². The summed E-state index contributed by atoms with van der Waals surface area (Å²) < 4.78 is 0. The molecule has 1 aromatic heterocycles. The van der Waals surface area contributed by atoms with Crippen LogP contribution in [0.3, 0.4) is 0 Å². The number of H-pyrrole nitrogens is 1. The standard InChI is InChI=1S/C14H21N3O/c18-14(13-4-2-8-16-13)17(9-11-5-6-11)10-12-3-1-7-15-12/h2,4,8,11-12,15-16H,1,3,5-7,9-10H2. The van der Waals surface area contributed by atoms with Gasteiger partial charge in [-0.05, 0) is 50.3 Å². The van der Waals surface area contributed by atoms with E-state index in [1.165, 1.54) is 25.7 Å². The summed E-state index contributed by atoms with van der Waals surface area (Å²) in [5, 5.41) is 3.48. The van der Waals surface area contributed by atoms with E-state index in [2.05, 4.69) is 10.3 Å². The van der Waals surface area contributed by atoms with Crippen LogP contribution in [0.5, 0.6) is 0 Å². The summed E-state index contributed by atoms with van der Waals surface area (Å²) >= 11 is 0. The van der Waals surface area contributed by atoms with Gasteiger partial charge in [0, 0.05) is 25.3 Å². The van der Waals surface area contributed by atoms with Crippen molar-refractivity contribution in [2.45, 2.75) is 31.7 Å². The molecule has 0 bridgehead atoms. The Bertz CT molecular complexity index is 391. The van der Waals surface area contributed by atoms with Gasteiger partial charge in [-0.25, -0.2) is 0 Å². The molecule has 1 unspecified atom stereocenters. The first-order valence-corrected chi connectivity index (χ1v) is 6.99. The van der Waals surface area contributed by atoms with Crippen molar-refractivity contribution in [1.82, 2.24) is 15.2 Å². The summed E-state index contributed by atoms with van der Waals surface area (Å²) in [5.41, 5.74) is 0.716. The van der Waals surface area contributed by atoms with Crippen molar-refractivity contribution in [2.24, 2.45) is 5.92 Å². The Kier molecular flexibility index (Phi) is 3.37. The van der Waals surface area contributed by atoms with Gasteiger partial charge in [0.05, 0.1) is 0 Å². The average molecular weight is 247 g/mol. The van der Waals surface area contributed by atoms with Crippen LogP contribution < -0.4 is 5.32 Å². The molecule has 2 fully saturated rings. The third-order valence-electron chi connectivity index (χ3n) is 3.89. The molecule has 1 aliphatic carbocycles. The van der Waals surface area contributed by atoms with Gasteiger partial charge in [0.15, 0.2) is 0 Å². The number of hydrogen-bond donors (Lipinski definition) is 2. The maximum Gasteiger partial charge on any atom is 0.270 e. The van der Waals surface area contributed by atoms with Gasteiger partial charge in [-0.1, -0.05) is 0 Å². The molecule has 4 nitrogen and oxygen atoms in total. The monoisotopic (exact) mass is 247 g/mol. The van der Waals surface area contributed by atoms with E-state index >= 15 is 0 Å². The maximum absolute atomic E-state index is 12.4. The Morgan fingerprint density at radius 3 is 2.83 bits per heavy atom. The summed E-state index contributed by atoms with van der Waals surface area (Å²) in [4.78, 5) is 17.5. The van der Waals surface area contributed by atoms with Gasteiger partial charge in [0.1, 0.15) is 5.69 Å². The molecule has 1 aliphatic heterocycles. The number of aromatic amines is 1. The van der Waals surface area contributed by atoms with Crippen molar-refractivity contribution < 1.29 is 4.79 Å². The molecule has 4 heteroatoms. The Morgan fingerprint density at radius 2 is 2.22 bits per heavy atom. The van der Waals surface area contributed by atoms with Crippen LogP contribution in [0, 0.1) is 5.92 Å². The van der Waals surface area contributed by atoms with E-state index in [1.54, 1.807) is 0 Å². The van der Waals surface area contributed by atoms with Crippen molar-refractivity contribution in [1.29, 1.82) is 0 Å². The lowest BCUT2D eigenvalue weighted by Crippen LogP contribution is -2.42. The molecule has 1 aromatic rings. The number of amides is 1. The highest BCUT2D eigenvalue weighted by atomic mass is 16.2. The second-order valence-corrected chi connectivity index (χ2v) is 5.53. The second kappa shape index (κ2) is 5.14. The lowest BCUT2D eigenvalue weighted by atomic mass is 10.2. The van der Waals surface area contributed by atoms with Crippen LogP contribution in [0.15, 0.2) is 18.3 Å². The Hall–Kier alpha value is -1.29. The van der Waals surface area contributed by atoms with E-state index in [-0.39, 0.29) is 5.91 Å². The summed E-state index contributed by atoms with van der Waals surface area (Å²) in [6.07, 6.45) is 6.81. The minimum Gasteiger partial charge on any atom is -0.357 e. The molecule has 2 heterocycles. The molecule has 1 saturated heterocycles. The average Bonchev–Trinajstić information content (AvgIpc) is 2.88. The van der Waals surface area contributed by atoms with Gasteiger partial charge < -0.3 is 15.2 Å². The summed E-state index contributed by atoms with van der Waals surface area (Å²) in [6.45, 7) is 2.88. The first-order chi connectivity index (χ1) is 8.83. The number of nitrogens with zero attached hydrogens (tertiary/aromatic N) is 1. The largest absolute Gasteiger partial charge is 0.357 e. The Balaban J connectivity index is 1.65. The number of carbonyl (C=O) groups excluding carboxylic acids is 1. The van der Waals surface area contributed by atoms with Crippen molar-refractivity contribution >= 4 is 5.91 Å². The van der Waals surface area contributed by atoms with Crippen LogP contribution in [0.25, 0.3) is 0 Å². The van der Waals surface area contributed by atoms with Gasteiger partial charge in [-0.2, -0.15) is 0 Å². The van der Waals surface area contributed by atoms with Gasteiger partial charge in [0.2, 0.25) is 0 Å². The molecule has 1 saturated carbocycles. The predicted molar refractivity (Wildman–Crippen MR) is 70.4 cm³/mol. The molecular weight excluding hydrogens is 226 g/mol. The van der Waals surface area contributed by atoms with E-state index in [9.17, 15) is 4.79 Å². The second-order valence-electron chi connectivity index (χ2n) is 5.53. The van der Waals surface area contributed by atoms with Gasteiger partial charge in [-0.3, -0.25) is 4.79 Å². The van der Waals surface area contributed by atoms with Crippen molar-refractivity contribution in [3.8, 4) is 0 Å². The van der Waals surface area contributed by atoms with Crippen LogP contribution in [-0.2, 0) is 0 Å². The number of hydrogen-bond acceptors (Lipinski definition) is 2. The zero-order chi connectivity index (χ0) is 12.4. The molecule has 0 radical (unpaired) electrons. The fourth-order valence-electron chi connectivity index (χ4n) is 2.66. The molecule has 98 valence electrons. The summed E-state index contributed by atoms with van der Waals surface area (Å²) in [7, 11) is 0. The zero-order valence-corrected chi connectivity index (χ0v) is 10.7. The number of nitrogens with one attached hydrogen (secondary N) is 2. The van der Waals surface area contributed by atoms with E-state index < -0.39 is 0 Å². The third kappa shape index (κ3) is 2.75. The van der Waals surface area contributed by atoms with Gasteiger partial charge in [0.25, 0.3) is 5.91 Å². The fraction of sp³-hybridized carbons (Fsp3) is 0.643. The van der Waals surface area contributed by atoms with Crippen LogP contribution in [-0.4, -0.2) is 41.5 Å². The van der Waals surface area contributed by atoms with Crippen molar-refractivity contribution in [3.63, 3.8) is 0 Å². The molecular formula is C14H21N3O. The predicted octanol–water partition coefficient (Wildman–Crippen LogP) is 1.62. The van der Waals surface area contributed by atoms with Crippen molar-refractivity contribution in [2.75, 3.05) is 19.6 Å². The highest BCUT2D eigenvalue weighted by Crippen LogP contribution is 2.30. The number of carbonyl (C=O) groups is 1. The van der Waals surface area contributed by atoms with Crippen LogP contribution in [0.4, 0.5) is 0 Å². The molecule has 2 N–H and O–H groups in total. The number of rotatable bonds is 5.